The SMILES string of the molecule is O=C(N[C@@H](CSCc1ccccc1)C(=O)N1CC[C@H]2OCC(=O)[C@H]21)c1cccc2ccccc12. The number of ketones is 1. The fourth-order valence-electron chi connectivity index (χ4n) is 4.74. The minimum atomic E-state index is -0.743. The molecule has 5 rings (SSSR count). The number of Topliss-reactive ketones (excluding diaryl/α,β-unsaturated/α-hetero) is 1. The van der Waals surface area contributed by atoms with Crippen molar-refractivity contribution in [3.8, 4) is 0 Å². The summed E-state index contributed by atoms with van der Waals surface area (Å²) in [6.07, 6.45) is 0.409. The van der Waals surface area contributed by atoms with Gasteiger partial charge in [-0.1, -0.05) is 66.7 Å². The van der Waals surface area contributed by atoms with Gasteiger partial charge in [0.2, 0.25) is 5.91 Å². The average Bonchev–Trinajstić information content (AvgIpc) is 3.46. The lowest BCUT2D eigenvalue weighted by Crippen LogP contribution is -2.53. The molecule has 1 N–H and O–H groups in total. The van der Waals surface area contributed by atoms with Gasteiger partial charge in [-0.15, -0.1) is 0 Å². The number of thioether (sulfide) groups is 1. The molecule has 3 aromatic carbocycles. The van der Waals surface area contributed by atoms with Crippen LogP contribution in [0.25, 0.3) is 10.8 Å². The monoisotopic (exact) mass is 474 g/mol. The second-order valence-electron chi connectivity index (χ2n) is 8.63. The van der Waals surface area contributed by atoms with E-state index in [1.165, 1.54) is 0 Å². The topological polar surface area (TPSA) is 75.7 Å². The van der Waals surface area contributed by atoms with Crippen molar-refractivity contribution in [2.75, 3.05) is 18.9 Å². The molecule has 0 spiro atoms. The van der Waals surface area contributed by atoms with Crippen molar-refractivity contribution in [3.05, 3.63) is 83.9 Å². The Bertz CT molecular complexity index is 1210. The molecule has 0 aliphatic carbocycles. The van der Waals surface area contributed by atoms with Crippen LogP contribution in [0.3, 0.4) is 0 Å². The first-order valence-electron chi connectivity index (χ1n) is 11.5. The van der Waals surface area contributed by atoms with E-state index >= 15 is 0 Å². The third kappa shape index (κ3) is 4.58. The molecule has 2 saturated heterocycles. The normalized spacial score (nSPS) is 20.4. The van der Waals surface area contributed by atoms with Gasteiger partial charge < -0.3 is 15.0 Å². The fourth-order valence-corrected chi connectivity index (χ4v) is 5.75. The van der Waals surface area contributed by atoms with Crippen molar-refractivity contribution >= 4 is 40.1 Å². The van der Waals surface area contributed by atoms with Crippen molar-refractivity contribution in [1.82, 2.24) is 10.2 Å². The zero-order chi connectivity index (χ0) is 23.5. The maximum Gasteiger partial charge on any atom is 0.252 e. The number of nitrogens with one attached hydrogen (secondary N) is 1. The van der Waals surface area contributed by atoms with Crippen LogP contribution in [0.15, 0.2) is 72.8 Å². The minimum absolute atomic E-state index is 0.0505. The molecule has 0 saturated carbocycles. The molecule has 0 unspecified atom stereocenters. The molecular weight excluding hydrogens is 448 g/mol. The highest BCUT2D eigenvalue weighted by molar-refractivity contribution is 7.98. The lowest BCUT2D eigenvalue weighted by molar-refractivity contribution is -0.137. The zero-order valence-corrected chi connectivity index (χ0v) is 19.5. The Morgan fingerprint density at radius 1 is 1.03 bits per heavy atom. The second kappa shape index (κ2) is 9.99. The van der Waals surface area contributed by atoms with Crippen LogP contribution in [0.2, 0.25) is 0 Å². The summed E-state index contributed by atoms with van der Waals surface area (Å²) in [6, 6.07) is 22.0. The number of amides is 2. The van der Waals surface area contributed by atoms with E-state index in [0.29, 0.717) is 24.3 Å². The van der Waals surface area contributed by atoms with E-state index in [4.69, 9.17) is 4.74 Å². The predicted molar refractivity (Wildman–Crippen MR) is 133 cm³/mol. The van der Waals surface area contributed by atoms with E-state index in [2.05, 4.69) is 5.32 Å². The van der Waals surface area contributed by atoms with Gasteiger partial charge in [-0.25, -0.2) is 0 Å². The van der Waals surface area contributed by atoms with Crippen LogP contribution in [0.4, 0.5) is 0 Å². The van der Waals surface area contributed by atoms with Gasteiger partial charge in [0, 0.05) is 23.6 Å². The number of likely N-dealkylation sites (tertiary alicyclic amines) is 1. The number of ether oxygens (including phenoxy) is 1. The Balaban J connectivity index is 1.36. The van der Waals surface area contributed by atoms with Gasteiger partial charge in [0.05, 0.1) is 6.10 Å². The van der Waals surface area contributed by atoms with Crippen LogP contribution < -0.4 is 5.32 Å². The van der Waals surface area contributed by atoms with Gasteiger partial charge in [-0.3, -0.25) is 14.4 Å². The Labute approximate surface area is 202 Å². The molecule has 34 heavy (non-hydrogen) atoms. The summed E-state index contributed by atoms with van der Waals surface area (Å²) in [7, 11) is 0. The number of carbonyl (C=O) groups excluding carboxylic acids is 3. The summed E-state index contributed by atoms with van der Waals surface area (Å²) < 4.78 is 5.55. The standard InChI is InChI=1S/C27H26N2O4S/c30-23-15-33-24-13-14-29(25(23)24)27(32)22(17-34-16-18-7-2-1-3-8-18)28-26(31)21-12-6-10-19-9-4-5-11-20(19)21/h1-12,22,24-25H,13-17H2,(H,28,31)/t22-,24+,25+/m0/s1. The molecule has 2 fully saturated rings. The average molecular weight is 475 g/mol. The smallest absolute Gasteiger partial charge is 0.252 e. The molecule has 3 aromatic rings. The molecule has 0 radical (unpaired) electrons. The van der Waals surface area contributed by atoms with Crippen LogP contribution in [0.5, 0.6) is 0 Å². The predicted octanol–water partition coefficient (Wildman–Crippen LogP) is 3.44. The maximum absolute atomic E-state index is 13.6. The second-order valence-corrected chi connectivity index (χ2v) is 9.66. The van der Waals surface area contributed by atoms with Crippen molar-refractivity contribution in [2.24, 2.45) is 0 Å². The first-order valence-corrected chi connectivity index (χ1v) is 12.6. The lowest BCUT2D eigenvalue weighted by Gasteiger charge is -2.27. The number of rotatable bonds is 7. The van der Waals surface area contributed by atoms with Crippen molar-refractivity contribution in [1.29, 1.82) is 0 Å². The molecule has 7 heteroatoms. The highest BCUT2D eigenvalue weighted by Gasteiger charge is 2.48. The summed E-state index contributed by atoms with van der Waals surface area (Å²) in [5.41, 5.74) is 1.68. The Morgan fingerprint density at radius 3 is 2.65 bits per heavy atom. The van der Waals surface area contributed by atoms with Gasteiger partial charge in [0.1, 0.15) is 18.7 Å². The highest BCUT2D eigenvalue weighted by Crippen LogP contribution is 2.28. The van der Waals surface area contributed by atoms with Crippen LogP contribution in [0, 0.1) is 0 Å². The van der Waals surface area contributed by atoms with E-state index in [1.54, 1.807) is 22.7 Å². The first-order chi connectivity index (χ1) is 16.6. The third-order valence-electron chi connectivity index (χ3n) is 6.43. The number of hydrogen-bond acceptors (Lipinski definition) is 5. The van der Waals surface area contributed by atoms with Crippen molar-refractivity contribution < 1.29 is 19.1 Å². The van der Waals surface area contributed by atoms with Crippen LogP contribution in [0.1, 0.15) is 22.3 Å². The zero-order valence-electron chi connectivity index (χ0n) is 18.7. The van der Waals surface area contributed by atoms with E-state index in [0.717, 1.165) is 22.1 Å². The van der Waals surface area contributed by atoms with Gasteiger partial charge >= 0.3 is 0 Å². The molecule has 174 valence electrons. The number of fused-ring (bicyclic) bond motifs is 2. The summed E-state index contributed by atoms with van der Waals surface area (Å²) in [4.78, 5) is 40.9. The molecular formula is C27H26N2O4S. The molecule has 0 bridgehead atoms. The van der Waals surface area contributed by atoms with E-state index in [-0.39, 0.29) is 30.3 Å². The Hall–Kier alpha value is -3.16. The number of hydrogen-bond donors (Lipinski definition) is 1. The van der Waals surface area contributed by atoms with Crippen LogP contribution >= 0.6 is 11.8 Å². The third-order valence-corrected chi connectivity index (χ3v) is 7.54. The van der Waals surface area contributed by atoms with Crippen LogP contribution in [-0.2, 0) is 20.1 Å². The quantitative estimate of drug-likeness (QED) is 0.568. The molecule has 2 heterocycles. The van der Waals surface area contributed by atoms with Crippen LogP contribution in [-0.4, -0.2) is 59.6 Å². The molecule has 2 aliphatic rings. The van der Waals surface area contributed by atoms with Crippen molar-refractivity contribution in [2.45, 2.75) is 30.4 Å². The summed E-state index contributed by atoms with van der Waals surface area (Å²) in [6.45, 7) is 0.513. The van der Waals surface area contributed by atoms with E-state index in [1.807, 2.05) is 66.7 Å². The highest BCUT2D eigenvalue weighted by atomic mass is 32.2. The van der Waals surface area contributed by atoms with Gasteiger partial charge in [0.15, 0.2) is 5.78 Å². The summed E-state index contributed by atoms with van der Waals surface area (Å²) in [5.74, 6) is 0.559. The summed E-state index contributed by atoms with van der Waals surface area (Å²) >= 11 is 1.59. The summed E-state index contributed by atoms with van der Waals surface area (Å²) in [5, 5.41) is 4.78. The van der Waals surface area contributed by atoms with E-state index < -0.39 is 12.1 Å². The van der Waals surface area contributed by atoms with Gasteiger partial charge in [0.25, 0.3) is 5.91 Å². The molecule has 6 nitrogen and oxygen atoms in total. The molecule has 2 aliphatic heterocycles. The largest absolute Gasteiger partial charge is 0.368 e. The molecule has 0 aromatic heterocycles. The van der Waals surface area contributed by atoms with Crippen molar-refractivity contribution in [3.63, 3.8) is 0 Å². The fraction of sp³-hybridized carbons (Fsp3) is 0.296. The first kappa shape index (κ1) is 22.6. The Morgan fingerprint density at radius 2 is 1.79 bits per heavy atom. The minimum Gasteiger partial charge on any atom is -0.368 e. The Kier molecular flexibility index (Phi) is 6.65. The molecule has 2 amide bonds. The lowest BCUT2D eigenvalue weighted by atomic mass is 10.0. The van der Waals surface area contributed by atoms with E-state index in [9.17, 15) is 14.4 Å². The molecule has 3 atom stereocenters. The van der Waals surface area contributed by atoms with Gasteiger partial charge in [-0.05, 0) is 28.8 Å². The number of nitrogens with zero attached hydrogens (tertiary/aromatic N) is 1. The number of benzene rings is 3. The maximum atomic E-state index is 13.6. The number of carbonyl (C=O) groups is 3. The van der Waals surface area contributed by atoms with Gasteiger partial charge in [-0.2, -0.15) is 11.8 Å².